The smallest absolute Gasteiger partial charge is 0.293 e. The van der Waals surface area contributed by atoms with Gasteiger partial charge in [0.1, 0.15) is 34.2 Å². The molecule has 0 unspecified atom stereocenters. The molecule has 2 aliphatic carbocycles. The Balaban J connectivity index is 0.905. The number of benzene rings is 2. The zero-order valence-corrected chi connectivity index (χ0v) is 35.4. The van der Waals surface area contributed by atoms with E-state index in [-0.39, 0.29) is 34.4 Å². The van der Waals surface area contributed by atoms with Crippen molar-refractivity contribution in [2.75, 3.05) is 36.4 Å². The highest BCUT2D eigenvalue weighted by atomic mass is 32.2. The molecule has 4 aliphatic rings. The summed E-state index contributed by atoms with van der Waals surface area (Å²) in [5.74, 6) is 0.835. The molecule has 15 nitrogen and oxygen atoms in total. The Labute approximate surface area is 355 Å². The highest BCUT2D eigenvalue weighted by molar-refractivity contribution is 7.90. The highest BCUT2D eigenvalue weighted by Gasteiger charge is 2.50. The SMILES string of the molecule is CC(C)c1ccccc1[C@@H]1CCCN1C1CC2(CCN(c3cc(Oc4cnc5[nH]ccc5c4)c(C(=O)NS(=O)(=O)c4ccc(NCC5CC(N)C5)c([N+](=O)[O-])c4)cn3)CC2)C1. The van der Waals surface area contributed by atoms with Crippen LogP contribution in [0.25, 0.3) is 11.0 Å². The number of sulfonamides is 1. The van der Waals surface area contributed by atoms with E-state index < -0.39 is 31.4 Å². The maximum atomic E-state index is 13.9. The minimum Gasteiger partial charge on any atom is -0.455 e. The molecule has 1 amide bonds. The van der Waals surface area contributed by atoms with E-state index in [9.17, 15) is 23.3 Å². The van der Waals surface area contributed by atoms with Crippen molar-refractivity contribution in [2.24, 2.45) is 17.1 Å². The maximum absolute atomic E-state index is 13.9. The average Bonchev–Trinajstić information content (AvgIpc) is 3.91. The van der Waals surface area contributed by atoms with Gasteiger partial charge in [0.15, 0.2) is 0 Å². The Kier molecular flexibility index (Phi) is 10.9. The second-order valence-electron chi connectivity index (χ2n) is 17.8. The van der Waals surface area contributed by atoms with Crippen LogP contribution in [0.3, 0.4) is 0 Å². The number of anilines is 2. The van der Waals surface area contributed by atoms with Crippen molar-refractivity contribution in [3.63, 3.8) is 0 Å². The van der Waals surface area contributed by atoms with Crippen LogP contribution in [0.4, 0.5) is 17.2 Å². The van der Waals surface area contributed by atoms with Crippen LogP contribution in [-0.4, -0.2) is 77.4 Å². The summed E-state index contributed by atoms with van der Waals surface area (Å²) in [6, 6.07) is 19.0. The minimum absolute atomic E-state index is 0.0985. The highest BCUT2D eigenvalue weighted by Crippen LogP contribution is 2.54. The number of amides is 1. The van der Waals surface area contributed by atoms with Gasteiger partial charge in [-0.05, 0) is 111 Å². The standard InChI is InChI=1S/C45H53N9O6S/c1-28(2)35-6-3-4-7-36(35)39-8-5-15-53(39)32-23-45(24-32)12-16-52(17-13-45)42-22-41(60-33-20-30-11-14-47-43(30)50-26-33)37(27-49-42)44(55)51-61(58,59)34-9-10-38(40(21-34)54(56)57)48-25-29-18-31(46)19-29/h3-4,6-7,9-11,14,20-22,26-29,31-32,39,48H,5,8,12-13,15-19,23-25,46H2,1-2H3,(H,47,50)(H,51,55)/t29?,31?,39-/m0/s1. The average molecular weight is 848 g/mol. The first kappa shape index (κ1) is 40.8. The summed E-state index contributed by atoms with van der Waals surface area (Å²) >= 11 is 0. The van der Waals surface area contributed by atoms with E-state index in [2.05, 4.69) is 72.9 Å². The lowest BCUT2D eigenvalue weighted by Crippen LogP contribution is -2.55. The van der Waals surface area contributed by atoms with Crippen molar-refractivity contribution < 1.29 is 22.9 Å². The number of aromatic amines is 1. The van der Waals surface area contributed by atoms with Crippen LogP contribution in [0.15, 0.2) is 84.1 Å². The normalized spacial score (nSPS) is 21.6. The van der Waals surface area contributed by atoms with Crippen molar-refractivity contribution >= 4 is 44.2 Å². The molecule has 1 spiro atoms. The van der Waals surface area contributed by atoms with Gasteiger partial charge in [-0.2, -0.15) is 0 Å². The number of piperidine rings is 1. The van der Waals surface area contributed by atoms with Gasteiger partial charge in [0, 0.05) is 67.7 Å². The number of aromatic nitrogens is 3. The molecule has 0 bridgehead atoms. The van der Waals surface area contributed by atoms with Crippen LogP contribution in [0, 0.1) is 21.4 Å². The molecule has 16 heteroatoms. The number of ether oxygens (including phenoxy) is 1. The number of nitro benzene ring substituents is 1. The van der Waals surface area contributed by atoms with Crippen molar-refractivity contribution in [2.45, 2.75) is 94.2 Å². The van der Waals surface area contributed by atoms with E-state index in [1.54, 1.807) is 18.3 Å². The Morgan fingerprint density at radius 3 is 2.59 bits per heavy atom. The largest absolute Gasteiger partial charge is 0.455 e. The van der Waals surface area contributed by atoms with E-state index in [4.69, 9.17) is 10.5 Å². The van der Waals surface area contributed by atoms with Crippen LogP contribution < -0.4 is 25.4 Å². The molecule has 4 fully saturated rings. The van der Waals surface area contributed by atoms with Gasteiger partial charge in [0.05, 0.1) is 16.0 Å². The summed E-state index contributed by atoms with van der Waals surface area (Å²) in [7, 11) is -4.56. The van der Waals surface area contributed by atoms with Gasteiger partial charge in [0.25, 0.3) is 21.6 Å². The first-order chi connectivity index (χ1) is 29.3. The minimum atomic E-state index is -4.56. The molecule has 320 valence electrons. The zero-order valence-electron chi connectivity index (χ0n) is 34.5. The van der Waals surface area contributed by atoms with Crippen molar-refractivity contribution in [3.05, 3.63) is 106 Å². The molecule has 2 saturated heterocycles. The Morgan fingerprint density at radius 2 is 1.84 bits per heavy atom. The number of nitrogens with zero attached hydrogens (tertiary/aromatic N) is 5. The zero-order chi connectivity index (χ0) is 42.5. The van der Waals surface area contributed by atoms with Gasteiger partial charge in [-0.15, -0.1) is 0 Å². The Hall–Kier alpha value is -5.58. The van der Waals surface area contributed by atoms with Gasteiger partial charge < -0.3 is 25.7 Å². The van der Waals surface area contributed by atoms with Gasteiger partial charge >= 0.3 is 0 Å². The summed E-state index contributed by atoms with van der Waals surface area (Å²) in [4.78, 5) is 41.9. The number of fused-ring (bicyclic) bond motifs is 1. The maximum Gasteiger partial charge on any atom is 0.293 e. The van der Waals surface area contributed by atoms with Crippen LogP contribution in [-0.2, 0) is 10.0 Å². The van der Waals surface area contributed by atoms with Gasteiger partial charge in [0.2, 0.25) is 0 Å². The monoisotopic (exact) mass is 847 g/mol. The third kappa shape index (κ3) is 8.28. The molecule has 0 radical (unpaired) electrons. The number of carbonyl (C=O) groups is 1. The van der Waals surface area contributed by atoms with E-state index >= 15 is 0 Å². The topological polar surface area (TPSA) is 202 Å². The number of H-pyrrole nitrogens is 1. The van der Waals surface area contributed by atoms with Crippen LogP contribution >= 0.6 is 0 Å². The fraction of sp³-hybridized carbons (Fsp3) is 0.444. The van der Waals surface area contributed by atoms with E-state index in [0.717, 1.165) is 56.8 Å². The molecule has 5 N–H and O–H groups in total. The fourth-order valence-electron chi connectivity index (χ4n) is 10.1. The molecule has 1 atom stereocenters. The third-order valence-corrected chi connectivity index (χ3v) is 14.8. The molecule has 61 heavy (non-hydrogen) atoms. The summed E-state index contributed by atoms with van der Waals surface area (Å²) in [6.45, 7) is 7.75. The second kappa shape index (κ2) is 16.4. The van der Waals surface area contributed by atoms with Crippen LogP contribution in [0.2, 0.25) is 0 Å². The number of nitrogens with two attached hydrogens (primary N) is 1. The first-order valence-electron chi connectivity index (χ1n) is 21.4. The molecule has 2 saturated carbocycles. The lowest BCUT2D eigenvalue weighted by atomic mass is 9.60. The Bertz CT molecular complexity index is 2560. The number of nitrogens with one attached hydrogen (secondary N) is 3. The lowest BCUT2D eigenvalue weighted by Gasteiger charge is -2.56. The summed E-state index contributed by atoms with van der Waals surface area (Å²) < 4.78 is 35.6. The number of nitro groups is 1. The van der Waals surface area contributed by atoms with Crippen LogP contribution in [0.5, 0.6) is 11.5 Å². The predicted molar refractivity (Wildman–Crippen MR) is 233 cm³/mol. The molecule has 3 aromatic heterocycles. The molecule has 5 aromatic rings. The molecule has 2 aliphatic heterocycles. The molecule has 5 heterocycles. The lowest BCUT2D eigenvalue weighted by molar-refractivity contribution is -0.384. The number of likely N-dealkylation sites (tertiary alicyclic amines) is 1. The number of carbonyl (C=O) groups excluding carboxylic acids is 1. The number of pyridine rings is 2. The van der Waals surface area contributed by atoms with Crippen molar-refractivity contribution in [1.29, 1.82) is 0 Å². The van der Waals surface area contributed by atoms with Crippen molar-refractivity contribution in [3.8, 4) is 11.5 Å². The summed E-state index contributed by atoms with van der Waals surface area (Å²) in [5, 5.41) is 15.9. The third-order valence-electron chi connectivity index (χ3n) is 13.5. The van der Waals surface area contributed by atoms with E-state index in [1.807, 2.05) is 6.07 Å². The predicted octanol–water partition coefficient (Wildman–Crippen LogP) is 7.64. The van der Waals surface area contributed by atoms with Gasteiger partial charge in [-0.25, -0.2) is 23.1 Å². The summed E-state index contributed by atoms with van der Waals surface area (Å²) in [5.41, 5.74) is 9.41. The van der Waals surface area contributed by atoms with Gasteiger partial charge in [-0.1, -0.05) is 38.1 Å². The first-order valence-corrected chi connectivity index (χ1v) is 22.9. The number of hydrogen-bond donors (Lipinski definition) is 4. The Morgan fingerprint density at radius 1 is 1.05 bits per heavy atom. The fourth-order valence-corrected chi connectivity index (χ4v) is 11.1. The number of hydrogen-bond acceptors (Lipinski definition) is 12. The molecular weight excluding hydrogens is 795 g/mol. The molecule has 2 aromatic carbocycles. The van der Waals surface area contributed by atoms with E-state index in [1.165, 1.54) is 61.3 Å². The molecular formula is C45H53N9O6S. The second-order valence-corrected chi connectivity index (χ2v) is 19.5. The van der Waals surface area contributed by atoms with Gasteiger partial charge in [-0.3, -0.25) is 19.8 Å². The summed E-state index contributed by atoms with van der Waals surface area (Å²) in [6.07, 6.45) is 13.1. The molecule has 9 rings (SSSR count). The van der Waals surface area contributed by atoms with E-state index in [0.29, 0.717) is 41.8 Å². The number of rotatable bonds is 13. The quantitative estimate of drug-likeness (QED) is 0.0668. The van der Waals surface area contributed by atoms with Crippen molar-refractivity contribution in [1.82, 2.24) is 24.6 Å². The van der Waals surface area contributed by atoms with Crippen LogP contribution in [0.1, 0.15) is 98.7 Å².